The van der Waals surface area contributed by atoms with Gasteiger partial charge in [-0.25, -0.2) is 0 Å². The van der Waals surface area contributed by atoms with Crippen molar-refractivity contribution in [1.82, 2.24) is 0 Å². The zero-order valence-electron chi connectivity index (χ0n) is 5.47. The topological polar surface area (TPSA) is 0 Å². The van der Waals surface area contributed by atoms with Gasteiger partial charge in [-0.3, -0.25) is 0 Å². The van der Waals surface area contributed by atoms with Gasteiger partial charge in [0.15, 0.2) is 0 Å². The lowest BCUT2D eigenvalue weighted by atomic mass is 10.4. The molecule has 0 N–H and O–H groups in total. The minimum absolute atomic E-state index is 0.117. The van der Waals surface area contributed by atoms with Crippen LogP contribution in [0.2, 0.25) is 0 Å². The van der Waals surface area contributed by atoms with Crippen LogP contribution in [0.1, 0.15) is 0 Å². The molecule has 0 atom stereocenters. The smallest absolute Gasteiger partial charge is 0.0823 e. The maximum atomic E-state index is 12.5. The van der Waals surface area contributed by atoms with Crippen molar-refractivity contribution in [3.63, 3.8) is 0 Å². The van der Waals surface area contributed by atoms with Gasteiger partial charge in [0.25, 0.3) is 0 Å². The first-order valence-electron chi connectivity index (χ1n) is 2.74. The molecule has 0 amide bonds. The van der Waals surface area contributed by atoms with Crippen LogP contribution in [-0.2, 0) is 0 Å². The Bertz CT molecular complexity index is 203. The zero-order chi connectivity index (χ0) is 7.61. The molecular formula is C7H7F2S. The summed E-state index contributed by atoms with van der Waals surface area (Å²) in [6.07, 6.45) is 0.961. The Morgan fingerprint density at radius 2 is 1.80 bits per heavy atom. The standard InChI is InChI=1S/C7H7F2S/c1-10(8,9)7-5-3-2-4-6-7/h3-6H,1H3. The number of hydrogen-bond acceptors (Lipinski definition) is 0. The molecule has 0 fully saturated rings. The number of benzene rings is 1. The second-order valence-electron chi connectivity index (χ2n) is 1.96. The number of halogens is 2. The lowest BCUT2D eigenvalue weighted by molar-refractivity contribution is 0.752. The van der Waals surface area contributed by atoms with Crippen molar-refractivity contribution in [3.05, 3.63) is 30.3 Å². The van der Waals surface area contributed by atoms with E-state index >= 15 is 0 Å². The molecule has 1 aromatic carbocycles. The monoisotopic (exact) mass is 161 g/mol. The van der Waals surface area contributed by atoms with Crippen LogP contribution in [0.4, 0.5) is 7.77 Å². The molecule has 1 aromatic rings. The Hall–Kier alpha value is -0.570. The fraction of sp³-hybridized carbons (Fsp3) is 0.143. The van der Waals surface area contributed by atoms with Crippen LogP contribution in [-0.4, -0.2) is 6.26 Å². The summed E-state index contributed by atoms with van der Waals surface area (Å²) in [5.41, 5.74) is 0. The summed E-state index contributed by atoms with van der Waals surface area (Å²) in [6, 6.07) is 8.48. The average Bonchev–Trinajstić information content (AvgIpc) is 1.88. The van der Waals surface area contributed by atoms with E-state index in [1.54, 1.807) is 0 Å². The minimum Gasteiger partial charge on any atom is -0.153 e. The lowest BCUT2D eigenvalue weighted by Gasteiger charge is -2.13. The molecule has 0 bridgehead atoms. The fourth-order valence-electron chi connectivity index (χ4n) is 0.611. The van der Waals surface area contributed by atoms with Crippen molar-refractivity contribution in [3.8, 4) is 0 Å². The van der Waals surface area contributed by atoms with E-state index in [-0.39, 0.29) is 4.90 Å². The third kappa shape index (κ3) is 1.70. The van der Waals surface area contributed by atoms with Crippen molar-refractivity contribution < 1.29 is 7.77 Å². The van der Waals surface area contributed by atoms with Gasteiger partial charge in [0.1, 0.15) is 0 Å². The van der Waals surface area contributed by atoms with Crippen molar-refractivity contribution in [1.29, 1.82) is 0 Å². The average molecular weight is 161 g/mol. The van der Waals surface area contributed by atoms with Crippen LogP contribution >= 0.6 is 10.8 Å². The molecule has 0 heterocycles. The number of hydrogen-bond donors (Lipinski definition) is 0. The molecule has 0 unspecified atom stereocenters. The van der Waals surface area contributed by atoms with Gasteiger partial charge in [-0.1, -0.05) is 12.1 Å². The van der Waals surface area contributed by atoms with Gasteiger partial charge in [-0.2, -0.15) is 7.77 Å². The Morgan fingerprint density at radius 1 is 1.30 bits per heavy atom. The van der Waals surface area contributed by atoms with Crippen LogP contribution in [0.25, 0.3) is 0 Å². The highest BCUT2D eigenvalue weighted by Gasteiger charge is 2.16. The normalized spacial score (nSPS) is 13.1. The van der Waals surface area contributed by atoms with E-state index in [1.165, 1.54) is 24.3 Å². The summed E-state index contributed by atoms with van der Waals surface area (Å²) in [7, 11) is -3.52. The molecule has 0 aliphatic rings. The Kier molecular flexibility index (Phi) is 1.94. The molecule has 0 aliphatic heterocycles. The first kappa shape index (κ1) is 7.54. The van der Waals surface area contributed by atoms with Gasteiger partial charge in [-0.15, -0.1) is 0 Å². The SMILES string of the molecule is CS(F)(F)c1cc[c]cc1. The molecule has 0 aromatic heterocycles. The Morgan fingerprint density at radius 3 is 2.10 bits per heavy atom. The summed E-state index contributed by atoms with van der Waals surface area (Å²) in [6.45, 7) is 0. The van der Waals surface area contributed by atoms with E-state index in [0.29, 0.717) is 0 Å². The predicted molar refractivity (Wildman–Crippen MR) is 39.3 cm³/mol. The van der Waals surface area contributed by atoms with Crippen LogP contribution in [0.3, 0.4) is 0 Å². The minimum atomic E-state index is -3.52. The van der Waals surface area contributed by atoms with Crippen molar-refractivity contribution in [2.45, 2.75) is 4.90 Å². The quantitative estimate of drug-likeness (QED) is 0.593. The molecule has 1 rings (SSSR count). The molecule has 55 valence electrons. The van der Waals surface area contributed by atoms with Crippen molar-refractivity contribution in [2.75, 3.05) is 6.26 Å². The molecule has 0 saturated carbocycles. The zero-order valence-corrected chi connectivity index (χ0v) is 6.29. The Labute approximate surface area is 60.8 Å². The second kappa shape index (κ2) is 2.58. The van der Waals surface area contributed by atoms with E-state index in [2.05, 4.69) is 6.07 Å². The van der Waals surface area contributed by atoms with Crippen LogP contribution in [0, 0.1) is 6.07 Å². The van der Waals surface area contributed by atoms with E-state index < -0.39 is 10.8 Å². The molecule has 0 saturated heterocycles. The van der Waals surface area contributed by atoms with Gasteiger partial charge in [0, 0.05) is 11.2 Å². The summed E-state index contributed by atoms with van der Waals surface area (Å²) in [5.74, 6) is 0. The summed E-state index contributed by atoms with van der Waals surface area (Å²) >= 11 is 0. The van der Waals surface area contributed by atoms with Gasteiger partial charge < -0.3 is 0 Å². The second-order valence-corrected chi connectivity index (χ2v) is 3.88. The maximum absolute atomic E-state index is 12.5. The lowest BCUT2D eigenvalue weighted by Crippen LogP contribution is -1.81. The molecule has 3 heteroatoms. The van der Waals surface area contributed by atoms with Crippen LogP contribution in [0.5, 0.6) is 0 Å². The van der Waals surface area contributed by atoms with Gasteiger partial charge in [0.2, 0.25) is 0 Å². The fourth-order valence-corrected chi connectivity index (χ4v) is 1.22. The molecule has 10 heavy (non-hydrogen) atoms. The van der Waals surface area contributed by atoms with E-state index in [4.69, 9.17) is 0 Å². The van der Waals surface area contributed by atoms with Crippen molar-refractivity contribution in [2.24, 2.45) is 0 Å². The third-order valence-electron chi connectivity index (χ3n) is 1.10. The van der Waals surface area contributed by atoms with Gasteiger partial charge in [-0.05, 0) is 18.2 Å². The molecule has 1 radical (unpaired) electrons. The molecule has 0 nitrogen and oxygen atoms in total. The van der Waals surface area contributed by atoms with Gasteiger partial charge >= 0.3 is 0 Å². The molecule has 0 aliphatic carbocycles. The summed E-state index contributed by atoms with van der Waals surface area (Å²) in [4.78, 5) is 0.117. The maximum Gasteiger partial charge on any atom is 0.0823 e. The van der Waals surface area contributed by atoms with Gasteiger partial charge in [0.05, 0.1) is 10.8 Å². The summed E-state index contributed by atoms with van der Waals surface area (Å²) < 4.78 is 25.0. The van der Waals surface area contributed by atoms with E-state index in [1.807, 2.05) is 0 Å². The first-order chi connectivity index (χ1) is 4.61. The van der Waals surface area contributed by atoms with Crippen molar-refractivity contribution >= 4 is 10.8 Å². The molecule has 0 spiro atoms. The summed E-state index contributed by atoms with van der Waals surface area (Å²) in [5, 5.41) is 0. The van der Waals surface area contributed by atoms with Crippen LogP contribution < -0.4 is 0 Å². The first-order valence-corrected chi connectivity index (χ1v) is 4.58. The Balaban J connectivity index is 2.97. The van der Waals surface area contributed by atoms with E-state index in [9.17, 15) is 7.77 Å². The highest BCUT2D eigenvalue weighted by atomic mass is 32.3. The predicted octanol–water partition coefficient (Wildman–Crippen LogP) is 3.05. The highest BCUT2D eigenvalue weighted by molar-refractivity contribution is 8.24. The third-order valence-corrected chi connectivity index (χ3v) is 2.20. The van der Waals surface area contributed by atoms with Crippen LogP contribution in [0.15, 0.2) is 29.2 Å². The number of rotatable bonds is 1. The highest BCUT2D eigenvalue weighted by Crippen LogP contribution is 2.55. The molecular weight excluding hydrogens is 154 g/mol. The van der Waals surface area contributed by atoms with E-state index in [0.717, 1.165) is 6.26 Å². The largest absolute Gasteiger partial charge is 0.153 e.